The molecular formula is C21H14N4O2. The topological polar surface area (TPSA) is 80.8 Å². The molecule has 1 atom stereocenters. The van der Waals surface area contributed by atoms with E-state index in [1.54, 1.807) is 53.2 Å². The average Bonchev–Trinajstić information content (AvgIpc) is 3.16. The maximum Gasteiger partial charge on any atom is 0.340 e. The molecule has 0 aliphatic heterocycles. The highest BCUT2D eigenvalue weighted by Gasteiger charge is 2.23. The molecule has 27 heavy (non-hydrogen) atoms. The van der Waals surface area contributed by atoms with Crippen molar-refractivity contribution < 1.29 is 9.53 Å². The lowest BCUT2D eigenvalue weighted by atomic mass is 10.1. The number of para-hydroxylation sites is 1. The Hall–Kier alpha value is -3.98. The summed E-state index contributed by atoms with van der Waals surface area (Å²) in [4.78, 5) is 12.6. The highest BCUT2D eigenvalue weighted by Crippen LogP contribution is 2.25. The van der Waals surface area contributed by atoms with E-state index in [1.165, 1.54) is 0 Å². The van der Waals surface area contributed by atoms with Crippen LogP contribution in [0.25, 0.3) is 11.0 Å². The maximum atomic E-state index is 12.6. The summed E-state index contributed by atoms with van der Waals surface area (Å²) in [6.45, 7) is 0. The Morgan fingerprint density at radius 1 is 0.963 bits per heavy atom. The Balaban J connectivity index is 1.77. The molecule has 0 aliphatic carbocycles. The summed E-state index contributed by atoms with van der Waals surface area (Å²) >= 11 is 0. The average molecular weight is 354 g/mol. The van der Waals surface area contributed by atoms with E-state index < -0.39 is 12.2 Å². The summed E-state index contributed by atoms with van der Waals surface area (Å²) in [5, 5.41) is 17.4. The van der Waals surface area contributed by atoms with E-state index in [2.05, 4.69) is 16.4 Å². The molecule has 1 aromatic heterocycles. The molecule has 0 fully saturated rings. The number of hydrogen-bond acceptors (Lipinski definition) is 5. The van der Waals surface area contributed by atoms with Gasteiger partial charge in [0.2, 0.25) is 6.23 Å². The number of aromatic nitrogens is 3. The van der Waals surface area contributed by atoms with Gasteiger partial charge in [0.15, 0.2) is 0 Å². The fourth-order valence-corrected chi connectivity index (χ4v) is 2.79. The third-order valence-electron chi connectivity index (χ3n) is 4.15. The van der Waals surface area contributed by atoms with Crippen LogP contribution < -0.4 is 0 Å². The number of esters is 1. The molecular weight excluding hydrogens is 340 g/mol. The van der Waals surface area contributed by atoms with Crippen molar-refractivity contribution in [3.63, 3.8) is 0 Å². The molecule has 4 aromatic rings. The van der Waals surface area contributed by atoms with Crippen molar-refractivity contribution in [1.29, 1.82) is 5.26 Å². The number of carbonyl (C=O) groups is 1. The van der Waals surface area contributed by atoms with Crippen LogP contribution in [-0.2, 0) is 4.74 Å². The minimum Gasteiger partial charge on any atom is -0.432 e. The van der Waals surface area contributed by atoms with Crippen molar-refractivity contribution >= 4 is 17.0 Å². The summed E-state index contributed by atoms with van der Waals surface area (Å²) in [5.74, 6) is -0.468. The first-order chi connectivity index (χ1) is 13.3. The first-order valence-electron chi connectivity index (χ1n) is 8.32. The number of nitriles is 1. The summed E-state index contributed by atoms with van der Waals surface area (Å²) in [6.07, 6.45) is -0.808. The highest BCUT2D eigenvalue weighted by atomic mass is 16.6. The molecule has 0 saturated heterocycles. The van der Waals surface area contributed by atoms with Gasteiger partial charge in [-0.1, -0.05) is 47.7 Å². The molecule has 0 aliphatic rings. The second-order valence-electron chi connectivity index (χ2n) is 5.88. The third-order valence-corrected chi connectivity index (χ3v) is 4.15. The summed E-state index contributed by atoms with van der Waals surface area (Å²) < 4.78 is 7.35. The number of hydrogen-bond donors (Lipinski definition) is 0. The van der Waals surface area contributed by atoms with Gasteiger partial charge in [-0.05, 0) is 36.4 Å². The van der Waals surface area contributed by atoms with Crippen molar-refractivity contribution in [1.82, 2.24) is 15.0 Å². The number of benzene rings is 3. The Kier molecular flexibility index (Phi) is 4.33. The van der Waals surface area contributed by atoms with Gasteiger partial charge in [0.05, 0.1) is 22.7 Å². The standard InChI is InChI=1S/C21H14N4O2/c22-14-15-10-12-16(13-11-15)20(27-21(26)17-6-2-1-3-7-17)25-19-9-5-4-8-18(19)23-24-25/h1-13,20H. The molecule has 0 saturated carbocycles. The first kappa shape index (κ1) is 16.5. The monoisotopic (exact) mass is 354 g/mol. The van der Waals surface area contributed by atoms with E-state index in [-0.39, 0.29) is 0 Å². The van der Waals surface area contributed by atoms with Gasteiger partial charge in [-0.15, -0.1) is 5.10 Å². The van der Waals surface area contributed by atoms with Crippen molar-refractivity contribution in [3.8, 4) is 6.07 Å². The van der Waals surface area contributed by atoms with E-state index in [0.717, 1.165) is 5.52 Å². The molecule has 1 unspecified atom stereocenters. The van der Waals surface area contributed by atoms with Crippen molar-refractivity contribution in [3.05, 3.63) is 95.6 Å². The second kappa shape index (κ2) is 7.10. The number of fused-ring (bicyclic) bond motifs is 1. The number of carbonyl (C=O) groups excluding carboxylic acids is 1. The van der Waals surface area contributed by atoms with E-state index in [0.29, 0.717) is 22.2 Å². The lowest BCUT2D eigenvalue weighted by Crippen LogP contribution is -2.20. The van der Waals surface area contributed by atoms with Crippen LogP contribution in [-0.4, -0.2) is 21.0 Å². The van der Waals surface area contributed by atoms with Crippen molar-refractivity contribution in [2.45, 2.75) is 6.23 Å². The normalized spacial score (nSPS) is 11.7. The predicted octanol–water partition coefficient (Wildman–Crippen LogP) is 3.71. The zero-order valence-electron chi connectivity index (χ0n) is 14.2. The van der Waals surface area contributed by atoms with Gasteiger partial charge in [0.25, 0.3) is 0 Å². The van der Waals surface area contributed by atoms with Gasteiger partial charge in [-0.3, -0.25) is 0 Å². The van der Waals surface area contributed by atoms with Crippen LogP contribution in [0.4, 0.5) is 0 Å². The largest absolute Gasteiger partial charge is 0.432 e. The first-order valence-corrected chi connectivity index (χ1v) is 8.32. The molecule has 0 amide bonds. The fourth-order valence-electron chi connectivity index (χ4n) is 2.79. The highest BCUT2D eigenvalue weighted by molar-refractivity contribution is 5.89. The van der Waals surface area contributed by atoms with Crippen molar-refractivity contribution in [2.24, 2.45) is 0 Å². The Morgan fingerprint density at radius 2 is 1.67 bits per heavy atom. The van der Waals surface area contributed by atoms with Gasteiger partial charge >= 0.3 is 5.97 Å². The quantitative estimate of drug-likeness (QED) is 0.522. The van der Waals surface area contributed by atoms with E-state index >= 15 is 0 Å². The smallest absolute Gasteiger partial charge is 0.340 e. The van der Waals surface area contributed by atoms with Gasteiger partial charge in [-0.25, -0.2) is 9.48 Å². The van der Waals surface area contributed by atoms with Crippen LogP contribution in [0.1, 0.15) is 27.7 Å². The predicted molar refractivity (Wildman–Crippen MR) is 98.7 cm³/mol. The Morgan fingerprint density at radius 3 is 2.41 bits per heavy atom. The maximum absolute atomic E-state index is 12.6. The van der Waals surface area contributed by atoms with Crippen LogP contribution in [0.15, 0.2) is 78.9 Å². The fraction of sp³-hybridized carbons (Fsp3) is 0.0476. The van der Waals surface area contributed by atoms with Crippen LogP contribution in [0, 0.1) is 11.3 Å². The lowest BCUT2D eigenvalue weighted by molar-refractivity contribution is 0.0196. The number of rotatable bonds is 4. The minimum atomic E-state index is -0.808. The van der Waals surface area contributed by atoms with Gasteiger partial charge in [0.1, 0.15) is 5.52 Å². The van der Waals surface area contributed by atoms with Crippen LogP contribution in [0.2, 0.25) is 0 Å². The molecule has 1 heterocycles. The van der Waals surface area contributed by atoms with Crippen LogP contribution >= 0.6 is 0 Å². The summed E-state index contributed by atoms with van der Waals surface area (Å²) in [5.41, 5.74) is 3.10. The molecule has 0 radical (unpaired) electrons. The van der Waals surface area contributed by atoms with Crippen LogP contribution in [0.3, 0.4) is 0 Å². The summed E-state index contributed by atoms with van der Waals surface area (Å²) in [6, 6.07) is 25.1. The lowest BCUT2D eigenvalue weighted by Gasteiger charge is -2.19. The molecule has 0 bridgehead atoms. The van der Waals surface area contributed by atoms with Crippen LogP contribution in [0.5, 0.6) is 0 Å². The van der Waals surface area contributed by atoms with Gasteiger partial charge in [-0.2, -0.15) is 5.26 Å². The van der Waals surface area contributed by atoms with E-state index in [1.807, 2.05) is 30.3 Å². The molecule has 6 nitrogen and oxygen atoms in total. The Bertz CT molecular complexity index is 1130. The zero-order valence-corrected chi connectivity index (χ0v) is 14.2. The number of nitrogens with zero attached hydrogens (tertiary/aromatic N) is 4. The van der Waals surface area contributed by atoms with Gasteiger partial charge < -0.3 is 4.74 Å². The van der Waals surface area contributed by atoms with Crippen molar-refractivity contribution in [2.75, 3.05) is 0 Å². The van der Waals surface area contributed by atoms with E-state index in [4.69, 9.17) is 10.00 Å². The SMILES string of the molecule is N#Cc1ccc(C(OC(=O)c2ccccc2)n2nnc3ccccc32)cc1. The molecule has 130 valence electrons. The summed E-state index contributed by atoms with van der Waals surface area (Å²) in [7, 11) is 0. The second-order valence-corrected chi connectivity index (χ2v) is 5.88. The van der Waals surface area contributed by atoms with E-state index in [9.17, 15) is 4.79 Å². The van der Waals surface area contributed by atoms with Gasteiger partial charge in [0, 0.05) is 5.56 Å². The minimum absolute atomic E-state index is 0.445. The molecule has 0 N–H and O–H groups in total. The molecule has 6 heteroatoms. The molecule has 4 rings (SSSR count). The molecule has 3 aromatic carbocycles. The number of ether oxygens (including phenoxy) is 1. The Labute approximate surface area is 155 Å². The zero-order chi connectivity index (χ0) is 18.6. The molecule has 0 spiro atoms. The third kappa shape index (κ3) is 3.26.